The van der Waals surface area contributed by atoms with Gasteiger partial charge in [0, 0.05) is 5.56 Å². The summed E-state index contributed by atoms with van der Waals surface area (Å²) in [6.45, 7) is 3.99. The summed E-state index contributed by atoms with van der Waals surface area (Å²) in [5.74, 6) is -1.03. The number of benzene rings is 2. The van der Waals surface area contributed by atoms with Crippen molar-refractivity contribution in [2.24, 2.45) is 0 Å². The van der Waals surface area contributed by atoms with Gasteiger partial charge in [0.15, 0.2) is 0 Å². The summed E-state index contributed by atoms with van der Waals surface area (Å²) in [6.07, 6.45) is 0.586. The van der Waals surface area contributed by atoms with E-state index < -0.39 is 5.92 Å². The molecule has 1 atom stereocenters. The molecule has 21 heavy (non-hydrogen) atoms. The Balaban J connectivity index is 2.32. The minimum Gasteiger partial charge on any atom is -0.466 e. The molecule has 2 nitrogen and oxygen atoms in total. The fourth-order valence-electron chi connectivity index (χ4n) is 2.38. The summed E-state index contributed by atoms with van der Waals surface area (Å²) in [5, 5.41) is 0. The highest BCUT2D eigenvalue weighted by molar-refractivity contribution is 5.78. The summed E-state index contributed by atoms with van der Waals surface area (Å²) in [5.41, 5.74) is 2.02. The summed E-state index contributed by atoms with van der Waals surface area (Å²) < 4.78 is 19.4. The largest absolute Gasteiger partial charge is 0.466 e. The first-order chi connectivity index (χ1) is 10.2. The van der Waals surface area contributed by atoms with Crippen molar-refractivity contribution in [1.29, 1.82) is 0 Å². The lowest BCUT2D eigenvalue weighted by Gasteiger charge is -2.15. The van der Waals surface area contributed by atoms with Crippen LogP contribution in [0.15, 0.2) is 48.5 Å². The van der Waals surface area contributed by atoms with Crippen LogP contribution in [0.1, 0.15) is 31.7 Å². The third-order valence-electron chi connectivity index (χ3n) is 3.46. The van der Waals surface area contributed by atoms with Crippen molar-refractivity contribution in [1.82, 2.24) is 0 Å². The average Bonchev–Trinajstić information content (AvgIpc) is 2.49. The Hall–Kier alpha value is -2.16. The molecule has 1 unspecified atom stereocenters. The third kappa shape index (κ3) is 3.48. The van der Waals surface area contributed by atoms with E-state index in [1.54, 1.807) is 19.1 Å². The second kappa shape index (κ2) is 7.02. The maximum absolute atomic E-state index is 14.3. The molecule has 0 amide bonds. The molecule has 0 heterocycles. The van der Waals surface area contributed by atoms with Crippen LogP contribution in [0.4, 0.5) is 4.39 Å². The van der Waals surface area contributed by atoms with Crippen LogP contribution < -0.4 is 0 Å². The number of esters is 1. The predicted molar refractivity (Wildman–Crippen MR) is 81.5 cm³/mol. The molecule has 2 rings (SSSR count). The second-order valence-corrected chi connectivity index (χ2v) is 4.82. The van der Waals surface area contributed by atoms with Crippen LogP contribution in [0.5, 0.6) is 0 Å². The molecule has 3 heteroatoms. The fraction of sp³-hybridized carbons (Fsp3) is 0.278. The minimum atomic E-state index is -0.413. The monoisotopic (exact) mass is 286 g/mol. The van der Waals surface area contributed by atoms with Crippen molar-refractivity contribution in [2.75, 3.05) is 6.61 Å². The number of carbonyl (C=O) groups is 1. The van der Waals surface area contributed by atoms with Crippen molar-refractivity contribution in [2.45, 2.75) is 26.2 Å². The number of carbonyl (C=O) groups excluding carboxylic acids is 1. The van der Waals surface area contributed by atoms with Crippen molar-refractivity contribution in [3.63, 3.8) is 0 Å². The normalized spacial score (nSPS) is 12.0. The molecule has 2 aromatic carbocycles. The van der Waals surface area contributed by atoms with E-state index in [4.69, 9.17) is 4.74 Å². The van der Waals surface area contributed by atoms with E-state index in [2.05, 4.69) is 0 Å². The molecule has 0 aliphatic rings. The van der Waals surface area contributed by atoms with Gasteiger partial charge >= 0.3 is 5.97 Å². The Morgan fingerprint density at radius 3 is 2.43 bits per heavy atom. The van der Waals surface area contributed by atoms with Crippen molar-refractivity contribution in [3.05, 3.63) is 59.9 Å². The fourth-order valence-corrected chi connectivity index (χ4v) is 2.38. The van der Waals surface area contributed by atoms with Gasteiger partial charge in [0.25, 0.3) is 0 Å². The van der Waals surface area contributed by atoms with Gasteiger partial charge in [-0.25, -0.2) is 4.39 Å². The predicted octanol–water partition coefficient (Wildman–Crippen LogP) is 4.55. The Morgan fingerprint density at radius 2 is 1.86 bits per heavy atom. The summed E-state index contributed by atoms with van der Waals surface area (Å²) in [6, 6.07) is 14.3. The van der Waals surface area contributed by atoms with E-state index in [-0.39, 0.29) is 11.8 Å². The lowest BCUT2D eigenvalue weighted by molar-refractivity contribution is -0.145. The van der Waals surface area contributed by atoms with Gasteiger partial charge in [0.2, 0.25) is 0 Å². The quantitative estimate of drug-likeness (QED) is 0.754. The highest BCUT2D eigenvalue weighted by atomic mass is 19.1. The van der Waals surface area contributed by atoms with Gasteiger partial charge < -0.3 is 4.74 Å². The van der Waals surface area contributed by atoms with Crippen LogP contribution in [0.25, 0.3) is 11.1 Å². The van der Waals surface area contributed by atoms with Gasteiger partial charge in [0.1, 0.15) is 5.82 Å². The molecule has 0 radical (unpaired) electrons. The molecule has 110 valence electrons. The minimum absolute atomic E-state index is 0.299. The van der Waals surface area contributed by atoms with Gasteiger partial charge in [-0.1, -0.05) is 49.4 Å². The summed E-state index contributed by atoms with van der Waals surface area (Å²) in [4.78, 5) is 11.9. The molecule has 0 aliphatic heterocycles. The Labute approximate surface area is 124 Å². The van der Waals surface area contributed by atoms with Crippen LogP contribution >= 0.6 is 0 Å². The van der Waals surface area contributed by atoms with E-state index in [0.717, 1.165) is 5.56 Å². The zero-order chi connectivity index (χ0) is 15.2. The maximum atomic E-state index is 14.3. The van der Waals surface area contributed by atoms with Gasteiger partial charge in [0.05, 0.1) is 12.5 Å². The average molecular weight is 286 g/mol. The summed E-state index contributed by atoms with van der Waals surface area (Å²) >= 11 is 0. The lowest BCUT2D eigenvalue weighted by atomic mass is 9.94. The SMILES string of the molecule is CCOC(=O)C(CC)c1ccc(-c2ccccc2)c(F)c1. The number of hydrogen-bond donors (Lipinski definition) is 0. The molecule has 0 saturated heterocycles. The van der Waals surface area contributed by atoms with E-state index in [9.17, 15) is 9.18 Å². The zero-order valence-corrected chi connectivity index (χ0v) is 12.3. The standard InChI is InChI=1S/C18H19FO2/c1-3-15(18(20)21-4-2)14-10-11-16(17(19)12-14)13-8-6-5-7-9-13/h5-12,15H,3-4H2,1-2H3. The van der Waals surface area contributed by atoms with Crippen LogP contribution in [0.3, 0.4) is 0 Å². The molecular formula is C18H19FO2. The van der Waals surface area contributed by atoms with Gasteiger partial charge in [-0.05, 0) is 30.5 Å². The number of halogens is 1. The molecule has 0 aromatic heterocycles. The highest BCUT2D eigenvalue weighted by Crippen LogP contribution is 2.28. The molecule has 0 bridgehead atoms. The number of hydrogen-bond acceptors (Lipinski definition) is 2. The molecular weight excluding hydrogens is 267 g/mol. The van der Waals surface area contributed by atoms with Crippen LogP contribution in [0.2, 0.25) is 0 Å². The number of ether oxygens (including phenoxy) is 1. The van der Waals surface area contributed by atoms with Crippen molar-refractivity contribution in [3.8, 4) is 11.1 Å². The first-order valence-electron chi connectivity index (χ1n) is 7.18. The number of rotatable bonds is 5. The van der Waals surface area contributed by atoms with Crippen LogP contribution in [-0.4, -0.2) is 12.6 Å². The van der Waals surface area contributed by atoms with Crippen molar-refractivity contribution < 1.29 is 13.9 Å². The van der Waals surface area contributed by atoms with E-state index in [1.165, 1.54) is 6.07 Å². The van der Waals surface area contributed by atoms with Crippen molar-refractivity contribution >= 4 is 5.97 Å². The molecule has 0 fully saturated rings. The van der Waals surface area contributed by atoms with E-state index in [0.29, 0.717) is 24.2 Å². The lowest BCUT2D eigenvalue weighted by Crippen LogP contribution is -2.15. The van der Waals surface area contributed by atoms with Gasteiger partial charge in [-0.2, -0.15) is 0 Å². The van der Waals surface area contributed by atoms with E-state index >= 15 is 0 Å². The molecule has 0 saturated carbocycles. The third-order valence-corrected chi connectivity index (χ3v) is 3.46. The Kier molecular flexibility index (Phi) is 5.09. The van der Waals surface area contributed by atoms with Gasteiger partial charge in [-0.3, -0.25) is 4.79 Å². The molecule has 2 aromatic rings. The first-order valence-corrected chi connectivity index (χ1v) is 7.18. The van der Waals surface area contributed by atoms with Gasteiger partial charge in [-0.15, -0.1) is 0 Å². The highest BCUT2D eigenvalue weighted by Gasteiger charge is 2.21. The Morgan fingerprint density at radius 1 is 1.14 bits per heavy atom. The Bertz CT molecular complexity index is 608. The second-order valence-electron chi connectivity index (χ2n) is 4.82. The zero-order valence-electron chi connectivity index (χ0n) is 12.3. The maximum Gasteiger partial charge on any atom is 0.313 e. The molecule has 0 aliphatic carbocycles. The topological polar surface area (TPSA) is 26.3 Å². The summed E-state index contributed by atoms with van der Waals surface area (Å²) in [7, 11) is 0. The molecule has 0 N–H and O–H groups in total. The smallest absolute Gasteiger partial charge is 0.313 e. The van der Waals surface area contributed by atoms with Crippen LogP contribution in [-0.2, 0) is 9.53 Å². The molecule has 0 spiro atoms. The van der Waals surface area contributed by atoms with Crippen LogP contribution in [0, 0.1) is 5.82 Å². The first kappa shape index (κ1) is 15.2. The van der Waals surface area contributed by atoms with E-state index in [1.807, 2.05) is 37.3 Å².